The van der Waals surface area contributed by atoms with Gasteiger partial charge in [0.05, 0.1) is 16.6 Å². The standard InChI is InChI=1S/C22H29Cl2N3O2/c1-15(2)12-26(13-18-7-6-10-25(18)5)21(28)14-27(16(3)4)22(29)17-8-9-19(23)20(24)11-17/h6-11,15-16H,12-14H2,1-5H3. The molecular weight excluding hydrogens is 409 g/mol. The Balaban J connectivity index is 2.21. The molecule has 0 aliphatic rings. The van der Waals surface area contributed by atoms with Crippen molar-refractivity contribution in [2.75, 3.05) is 13.1 Å². The molecule has 0 spiro atoms. The van der Waals surface area contributed by atoms with Crippen molar-refractivity contribution in [2.24, 2.45) is 13.0 Å². The summed E-state index contributed by atoms with van der Waals surface area (Å²) in [7, 11) is 1.96. The highest BCUT2D eigenvalue weighted by Gasteiger charge is 2.25. The van der Waals surface area contributed by atoms with Gasteiger partial charge >= 0.3 is 0 Å². The first kappa shape index (κ1) is 23.3. The van der Waals surface area contributed by atoms with Crippen LogP contribution >= 0.6 is 23.2 Å². The van der Waals surface area contributed by atoms with Gasteiger partial charge in [-0.2, -0.15) is 0 Å². The molecule has 0 bridgehead atoms. The zero-order valence-corrected chi connectivity index (χ0v) is 19.2. The predicted octanol–water partition coefficient (Wildman–Crippen LogP) is 4.87. The zero-order chi connectivity index (χ0) is 21.7. The Morgan fingerprint density at radius 1 is 1.07 bits per heavy atom. The first-order valence-electron chi connectivity index (χ1n) is 9.74. The molecule has 1 aromatic carbocycles. The third-order valence-electron chi connectivity index (χ3n) is 4.70. The number of nitrogens with zero attached hydrogens (tertiary/aromatic N) is 3. The van der Waals surface area contributed by atoms with Gasteiger partial charge in [-0.25, -0.2) is 0 Å². The molecule has 0 aliphatic heterocycles. The molecule has 2 amide bonds. The van der Waals surface area contributed by atoms with Gasteiger partial charge in [-0.15, -0.1) is 0 Å². The lowest BCUT2D eigenvalue weighted by molar-refractivity contribution is -0.133. The van der Waals surface area contributed by atoms with E-state index < -0.39 is 0 Å². The van der Waals surface area contributed by atoms with Crippen LogP contribution in [0.25, 0.3) is 0 Å². The van der Waals surface area contributed by atoms with Crippen LogP contribution in [0.5, 0.6) is 0 Å². The molecule has 0 radical (unpaired) electrons. The summed E-state index contributed by atoms with van der Waals surface area (Å²) < 4.78 is 2.00. The molecule has 29 heavy (non-hydrogen) atoms. The number of halogens is 2. The number of aryl methyl sites for hydroxylation is 1. The Labute approximate surface area is 183 Å². The number of hydrogen-bond acceptors (Lipinski definition) is 2. The molecule has 5 nitrogen and oxygen atoms in total. The summed E-state index contributed by atoms with van der Waals surface area (Å²) in [5.74, 6) is -0.00483. The number of aromatic nitrogens is 1. The van der Waals surface area contributed by atoms with Gasteiger partial charge in [0.1, 0.15) is 6.54 Å². The van der Waals surface area contributed by atoms with E-state index in [9.17, 15) is 9.59 Å². The summed E-state index contributed by atoms with van der Waals surface area (Å²) in [5.41, 5.74) is 1.46. The fourth-order valence-corrected chi connectivity index (χ4v) is 3.38. The summed E-state index contributed by atoms with van der Waals surface area (Å²) in [6.07, 6.45) is 1.96. The Kier molecular flexibility index (Phi) is 8.17. The van der Waals surface area contributed by atoms with E-state index in [-0.39, 0.29) is 24.4 Å². The third-order valence-corrected chi connectivity index (χ3v) is 5.44. The molecule has 0 unspecified atom stereocenters. The van der Waals surface area contributed by atoms with Crippen LogP contribution in [0.4, 0.5) is 0 Å². The normalized spacial score (nSPS) is 11.2. The number of hydrogen-bond donors (Lipinski definition) is 0. The maximum atomic E-state index is 13.2. The molecule has 158 valence electrons. The van der Waals surface area contributed by atoms with Crippen molar-refractivity contribution in [3.63, 3.8) is 0 Å². The van der Waals surface area contributed by atoms with E-state index in [1.807, 2.05) is 48.7 Å². The van der Waals surface area contributed by atoms with Gasteiger partial charge in [0.15, 0.2) is 0 Å². The van der Waals surface area contributed by atoms with E-state index in [0.29, 0.717) is 34.6 Å². The van der Waals surface area contributed by atoms with Crippen molar-refractivity contribution in [3.8, 4) is 0 Å². The first-order valence-corrected chi connectivity index (χ1v) is 10.5. The van der Waals surface area contributed by atoms with E-state index in [2.05, 4.69) is 13.8 Å². The molecule has 0 atom stereocenters. The van der Waals surface area contributed by atoms with Gasteiger partial charge in [0.25, 0.3) is 5.91 Å². The summed E-state index contributed by atoms with van der Waals surface area (Å²) in [6, 6.07) is 8.59. The SMILES string of the molecule is CC(C)CN(Cc1cccn1C)C(=O)CN(C(=O)c1ccc(Cl)c(Cl)c1)C(C)C. The van der Waals surface area contributed by atoms with Crippen LogP contribution in [0.1, 0.15) is 43.7 Å². The molecule has 0 saturated heterocycles. The van der Waals surface area contributed by atoms with Crippen molar-refractivity contribution in [2.45, 2.75) is 40.3 Å². The minimum atomic E-state index is -0.240. The topological polar surface area (TPSA) is 45.6 Å². The second-order valence-electron chi connectivity index (χ2n) is 7.93. The molecule has 1 aromatic heterocycles. The van der Waals surface area contributed by atoms with Gasteiger partial charge in [-0.3, -0.25) is 9.59 Å². The Hall–Kier alpha value is -1.98. The fraction of sp³-hybridized carbons (Fsp3) is 0.455. The van der Waals surface area contributed by atoms with Gasteiger partial charge < -0.3 is 14.4 Å². The largest absolute Gasteiger partial charge is 0.353 e. The lowest BCUT2D eigenvalue weighted by Gasteiger charge is -2.31. The van der Waals surface area contributed by atoms with Crippen molar-refractivity contribution in [1.82, 2.24) is 14.4 Å². The monoisotopic (exact) mass is 437 g/mol. The van der Waals surface area contributed by atoms with Crippen molar-refractivity contribution in [3.05, 3.63) is 57.8 Å². The van der Waals surface area contributed by atoms with Gasteiger partial charge in [-0.1, -0.05) is 37.0 Å². The molecular formula is C22H29Cl2N3O2. The van der Waals surface area contributed by atoms with Crippen LogP contribution in [0.3, 0.4) is 0 Å². The molecule has 7 heteroatoms. The predicted molar refractivity (Wildman–Crippen MR) is 118 cm³/mol. The Bertz CT molecular complexity index is 861. The Morgan fingerprint density at radius 3 is 2.28 bits per heavy atom. The Morgan fingerprint density at radius 2 is 1.76 bits per heavy atom. The van der Waals surface area contributed by atoms with E-state index in [0.717, 1.165) is 5.69 Å². The summed E-state index contributed by atoms with van der Waals surface area (Å²) >= 11 is 12.0. The number of benzene rings is 1. The molecule has 2 aromatic rings. The average Bonchev–Trinajstić information content (AvgIpc) is 3.04. The smallest absolute Gasteiger partial charge is 0.254 e. The molecule has 0 fully saturated rings. The average molecular weight is 438 g/mol. The first-order chi connectivity index (χ1) is 13.6. The van der Waals surface area contributed by atoms with Crippen LogP contribution in [0, 0.1) is 5.92 Å². The summed E-state index contributed by atoms with van der Waals surface area (Å²) in [6.45, 7) is 9.08. The number of carbonyl (C=O) groups is 2. The highest BCUT2D eigenvalue weighted by atomic mass is 35.5. The summed E-state index contributed by atoms with van der Waals surface area (Å²) in [4.78, 5) is 29.6. The van der Waals surface area contributed by atoms with E-state index in [1.165, 1.54) is 0 Å². The minimum Gasteiger partial charge on any atom is -0.353 e. The maximum absolute atomic E-state index is 13.2. The molecule has 0 saturated carbocycles. The fourth-order valence-electron chi connectivity index (χ4n) is 3.08. The van der Waals surface area contributed by atoms with Crippen LogP contribution in [0.2, 0.25) is 10.0 Å². The lowest BCUT2D eigenvalue weighted by atomic mass is 10.1. The lowest BCUT2D eigenvalue weighted by Crippen LogP contribution is -2.46. The van der Waals surface area contributed by atoms with Crippen molar-refractivity contribution in [1.29, 1.82) is 0 Å². The summed E-state index contributed by atoms with van der Waals surface area (Å²) in [5, 5.41) is 0.707. The van der Waals surface area contributed by atoms with Crippen LogP contribution in [-0.2, 0) is 18.4 Å². The number of rotatable bonds is 8. The van der Waals surface area contributed by atoms with Gasteiger partial charge in [-0.05, 0) is 50.1 Å². The van der Waals surface area contributed by atoms with E-state index >= 15 is 0 Å². The second kappa shape index (κ2) is 10.2. The second-order valence-corrected chi connectivity index (χ2v) is 8.75. The number of amides is 2. The van der Waals surface area contributed by atoms with Gasteiger partial charge in [0, 0.05) is 37.1 Å². The van der Waals surface area contributed by atoms with Crippen LogP contribution < -0.4 is 0 Å². The van der Waals surface area contributed by atoms with Crippen molar-refractivity contribution >= 4 is 35.0 Å². The van der Waals surface area contributed by atoms with Crippen LogP contribution in [0.15, 0.2) is 36.5 Å². The molecule has 0 aliphatic carbocycles. The van der Waals surface area contributed by atoms with Crippen molar-refractivity contribution < 1.29 is 9.59 Å². The highest BCUT2D eigenvalue weighted by Crippen LogP contribution is 2.24. The van der Waals surface area contributed by atoms with Crippen LogP contribution in [-0.4, -0.2) is 45.3 Å². The molecule has 1 heterocycles. The molecule has 0 N–H and O–H groups in total. The number of carbonyl (C=O) groups excluding carboxylic acids is 2. The van der Waals surface area contributed by atoms with E-state index in [1.54, 1.807) is 23.1 Å². The maximum Gasteiger partial charge on any atom is 0.254 e. The third kappa shape index (κ3) is 6.25. The quantitative estimate of drug-likeness (QED) is 0.591. The molecule has 2 rings (SSSR count). The highest BCUT2D eigenvalue weighted by molar-refractivity contribution is 6.42. The van der Waals surface area contributed by atoms with Gasteiger partial charge in [0.2, 0.25) is 5.91 Å². The van der Waals surface area contributed by atoms with E-state index in [4.69, 9.17) is 23.2 Å². The minimum absolute atomic E-state index is 0.00783. The zero-order valence-electron chi connectivity index (χ0n) is 17.7.